The minimum Gasteiger partial charge on any atom is -0.387 e. The van der Waals surface area contributed by atoms with E-state index in [0.717, 1.165) is 11.6 Å². The standard InChI is InChI=1S/C8H18N2S/c1-6(2)8(9)10-7(3)5-11-4/h6-7H,5H2,1-4H3,(H2,9,10). The van der Waals surface area contributed by atoms with Crippen LogP contribution in [0.5, 0.6) is 0 Å². The monoisotopic (exact) mass is 174 g/mol. The molecule has 0 heterocycles. The second kappa shape index (κ2) is 5.47. The van der Waals surface area contributed by atoms with Crippen LogP contribution in [0.2, 0.25) is 0 Å². The maximum absolute atomic E-state index is 5.69. The number of nitrogens with zero attached hydrogens (tertiary/aromatic N) is 1. The van der Waals surface area contributed by atoms with Crippen LogP contribution in [-0.4, -0.2) is 23.9 Å². The fraction of sp³-hybridized carbons (Fsp3) is 0.875. The summed E-state index contributed by atoms with van der Waals surface area (Å²) in [5.41, 5.74) is 5.69. The van der Waals surface area contributed by atoms with E-state index < -0.39 is 0 Å². The molecule has 0 aliphatic heterocycles. The minimum atomic E-state index is 0.354. The molecule has 0 radical (unpaired) electrons. The highest BCUT2D eigenvalue weighted by atomic mass is 32.2. The molecule has 0 aromatic carbocycles. The number of amidine groups is 1. The first-order valence-corrected chi connectivity index (χ1v) is 5.29. The molecule has 2 nitrogen and oxygen atoms in total. The van der Waals surface area contributed by atoms with E-state index in [1.165, 1.54) is 0 Å². The Morgan fingerprint density at radius 3 is 2.36 bits per heavy atom. The fourth-order valence-electron chi connectivity index (χ4n) is 0.682. The van der Waals surface area contributed by atoms with Crippen LogP contribution in [0.1, 0.15) is 20.8 Å². The molecule has 1 atom stereocenters. The van der Waals surface area contributed by atoms with E-state index in [9.17, 15) is 0 Å². The van der Waals surface area contributed by atoms with E-state index >= 15 is 0 Å². The normalized spacial score (nSPS) is 15.5. The Morgan fingerprint density at radius 2 is 2.00 bits per heavy atom. The molecule has 0 rings (SSSR count). The van der Waals surface area contributed by atoms with E-state index in [-0.39, 0.29) is 0 Å². The van der Waals surface area contributed by atoms with Crippen molar-refractivity contribution in [1.82, 2.24) is 0 Å². The first kappa shape index (κ1) is 10.8. The van der Waals surface area contributed by atoms with Crippen LogP contribution in [0.4, 0.5) is 0 Å². The lowest BCUT2D eigenvalue weighted by Gasteiger charge is -2.08. The molecule has 0 amide bonds. The zero-order valence-electron chi connectivity index (χ0n) is 7.79. The van der Waals surface area contributed by atoms with Crippen molar-refractivity contribution in [2.75, 3.05) is 12.0 Å². The summed E-state index contributed by atoms with van der Waals surface area (Å²) in [6.07, 6.45) is 2.08. The summed E-state index contributed by atoms with van der Waals surface area (Å²) in [4.78, 5) is 4.34. The third-order valence-electron chi connectivity index (χ3n) is 1.37. The lowest BCUT2D eigenvalue weighted by molar-refractivity contribution is 0.798. The van der Waals surface area contributed by atoms with Crippen LogP contribution < -0.4 is 5.73 Å². The van der Waals surface area contributed by atoms with E-state index in [1.807, 2.05) is 0 Å². The Hall–Kier alpha value is -0.180. The molecule has 0 spiro atoms. The average Bonchev–Trinajstić information content (AvgIpc) is 1.87. The Bertz CT molecular complexity index is 132. The van der Waals surface area contributed by atoms with Crippen LogP contribution in [0.25, 0.3) is 0 Å². The van der Waals surface area contributed by atoms with Gasteiger partial charge >= 0.3 is 0 Å². The summed E-state index contributed by atoms with van der Waals surface area (Å²) in [5, 5.41) is 0. The van der Waals surface area contributed by atoms with Crippen LogP contribution in [-0.2, 0) is 0 Å². The van der Waals surface area contributed by atoms with E-state index in [4.69, 9.17) is 5.73 Å². The van der Waals surface area contributed by atoms with Gasteiger partial charge in [0.15, 0.2) is 0 Å². The molecule has 66 valence electrons. The van der Waals surface area contributed by atoms with Crippen molar-refractivity contribution in [3.8, 4) is 0 Å². The van der Waals surface area contributed by atoms with Gasteiger partial charge in [-0.25, -0.2) is 0 Å². The minimum absolute atomic E-state index is 0.354. The van der Waals surface area contributed by atoms with Gasteiger partial charge in [0.05, 0.1) is 11.9 Å². The first-order valence-electron chi connectivity index (χ1n) is 3.90. The van der Waals surface area contributed by atoms with Crippen molar-refractivity contribution < 1.29 is 0 Å². The second-order valence-corrected chi connectivity index (χ2v) is 3.92. The van der Waals surface area contributed by atoms with Gasteiger partial charge < -0.3 is 5.73 Å². The quantitative estimate of drug-likeness (QED) is 0.521. The maximum Gasteiger partial charge on any atom is 0.0966 e. The SMILES string of the molecule is CSCC(C)N=C(N)C(C)C. The number of thioether (sulfide) groups is 1. The van der Waals surface area contributed by atoms with Crippen molar-refractivity contribution in [2.45, 2.75) is 26.8 Å². The number of hydrogen-bond acceptors (Lipinski definition) is 2. The highest BCUT2D eigenvalue weighted by molar-refractivity contribution is 7.98. The van der Waals surface area contributed by atoms with Crippen LogP contribution in [0.3, 0.4) is 0 Å². The smallest absolute Gasteiger partial charge is 0.0966 e. The van der Waals surface area contributed by atoms with E-state index in [1.54, 1.807) is 11.8 Å². The Kier molecular flexibility index (Phi) is 5.38. The lowest BCUT2D eigenvalue weighted by Crippen LogP contribution is -2.21. The molecule has 0 aliphatic rings. The Balaban J connectivity index is 3.86. The van der Waals surface area contributed by atoms with Crippen LogP contribution in [0, 0.1) is 5.92 Å². The van der Waals surface area contributed by atoms with Gasteiger partial charge in [0, 0.05) is 11.7 Å². The maximum atomic E-state index is 5.69. The van der Waals surface area contributed by atoms with Gasteiger partial charge in [0.25, 0.3) is 0 Å². The summed E-state index contributed by atoms with van der Waals surface area (Å²) in [5.74, 6) is 2.19. The molecule has 11 heavy (non-hydrogen) atoms. The molecule has 1 unspecified atom stereocenters. The van der Waals surface area contributed by atoms with Crippen molar-refractivity contribution in [3.05, 3.63) is 0 Å². The predicted molar refractivity (Wildman–Crippen MR) is 54.3 cm³/mol. The van der Waals surface area contributed by atoms with Crippen molar-refractivity contribution in [1.29, 1.82) is 0 Å². The van der Waals surface area contributed by atoms with Gasteiger partial charge in [-0.15, -0.1) is 0 Å². The largest absolute Gasteiger partial charge is 0.387 e. The zero-order chi connectivity index (χ0) is 8.85. The second-order valence-electron chi connectivity index (χ2n) is 3.01. The Labute approximate surface area is 73.7 Å². The van der Waals surface area contributed by atoms with Crippen LogP contribution >= 0.6 is 11.8 Å². The summed E-state index contributed by atoms with van der Waals surface area (Å²) < 4.78 is 0. The predicted octanol–water partition coefficient (Wildman–Crippen LogP) is 1.75. The van der Waals surface area contributed by atoms with Gasteiger partial charge in [-0.1, -0.05) is 13.8 Å². The number of hydrogen-bond donors (Lipinski definition) is 1. The van der Waals surface area contributed by atoms with Gasteiger partial charge in [0.2, 0.25) is 0 Å². The van der Waals surface area contributed by atoms with E-state index in [2.05, 4.69) is 32.0 Å². The molecule has 2 N–H and O–H groups in total. The molecule has 0 saturated carbocycles. The Morgan fingerprint density at radius 1 is 1.45 bits per heavy atom. The number of rotatable bonds is 4. The highest BCUT2D eigenvalue weighted by Gasteiger charge is 2.02. The molecular weight excluding hydrogens is 156 g/mol. The summed E-state index contributed by atoms with van der Waals surface area (Å²) in [6, 6.07) is 0.354. The molecule has 0 aromatic heterocycles. The molecule has 0 fully saturated rings. The molecule has 0 saturated heterocycles. The van der Waals surface area contributed by atoms with E-state index in [0.29, 0.717) is 12.0 Å². The molecule has 0 bridgehead atoms. The number of nitrogens with two attached hydrogens (primary N) is 1. The molecule has 3 heteroatoms. The molecule has 0 aliphatic carbocycles. The molecule has 0 aromatic rings. The molecular formula is C8H18N2S. The lowest BCUT2D eigenvalue weighted by atomic mass is 10.2. The highest BCUT2D eigenvalue weighted by Crippen LogP contribution is 2.02. The average molecular weight is 174 g/mol. The van der Waals surface area contributed by atoms with Crippen molar-refractivity contribution >= 4 is 17.6 Å². The van der Waals surface area contributed by atoms with Crippen molar-refractivity contribution in [2.24, 2.45) is 16.6 Å². The summed E-state index contributed by atoms with van der Waals surface area (Å²) in [7, 11) is 0. The summed E-state index contributed by atoms with van der Waals surface area (Å²) >= 11 is 1.80. The fourth-order valence-corrected chi connectivity index (χ4v) is 1.24. The third kappa shape index (κ3) is 5.13. The van der Waals surface area contributed by atoms with Crippen molar-refractivity contribution in [3.63, 3.8) is 0 Å². The van der Waals surface area contributed by atoms with Gasteiger partial charge in [-0.2, -0.15) is 11.8 Å². The van der Waals surface area contributed by atoms with Gasteiger partial charge in [-0.05, 0) is 13.2 Å². The van der Waals surface area contributed by atoms with Crippen LogP contribution in [0.15, 0.2) is 4.99 Å². The zero-order valence-corrected chi connectivity index (χ0v) is 8.61. The third-order valence-corrected chi connectivity index (χ3v) is 2.18. The topological polar surface area (TPSA) is 38.4 Å². The summed E-state index contributed by atoms with van der Waals surface area (Å²) in [6.45, 7) is 6.21. The first-order chi connectivity index (χ1) is 5.07. The number of aliphatic imine (C=N–C) groups is 1. The van der Waals surface area contributed by atoms with Gasteiger partial charge in [0.1, 0.15) is 0 Å². The van der Waals surface area contributed by atoms with Gasteiger partial charge in [-0.3, -0.25) is 4.99 Å².